The van der Waals surface area contributed by atoms with E-state index in [2.05, 4.69) is 35.8 Å². The van der Waals surface area contributed by atoms with Gasteiger partial charge in [-0.25, -0.2) is 0 Å². The maximum absolute atomic E-state index is 11.4. The summed E-state index contributed by atoms with van der Waals surface area (Å²) >= 11 is 0. The van der Waals surface area contributed by atoms with Crippen LogP contribution >= 0.6 is 0 Å². The van der Waals surface area contributed by atoms with Crippen molar-refractivity contribution in [3.8, 4) is 0 Å². The molecular formula is C17H28N2O2S. The fraction of sp³-hybridized carbons (Fsp3) is 0.647. The molecule has 1 fully saturated rings. The Bertz CT molecular complexity index is 480. The molecule has 0 radical (unpaired) electrons. The van der Waals surface area contributed by atoms with Gasteiger partial charge in [0.25, 0.3) is 0 Å². The number of benzene rings is 1. The van der Waals surface area contributed by atoms with Gasteiger partial charge in [-0.15, -0.1) is 0 Å². The van der Waals surface area contributed by atoms with Crippen LogP contribution in [-0.2, 0) is 22.1 Å². The van der Waals surface area contributed by atoms with Crippen LogP contribution in [0.5, 0.6) is 0 Å². The predicted molar refractivity (Wildman–Crippen MR) is 91.6 cm³/mol. The topological polar surface area (TPSA) is 32.8 Å². The molecule has 4 nitrogen and oxygen atoms in total. The molecule has 3 atom stereocenters. The molecule has 1 aromatic rings. The minimum absolute atomic E-state index is 0.543. The second-order valence-corrected chi connectivity index (χ2v) is 7.60. The number of rotatable bonds is 6. The fourth-order valence-corrected chi connectivity index (χ4v) is 3.80. The fourth-order valence-electron chi connectivity index (χ4n) is 3.28. The molecule has 1 aliphatic rings. The van der Waals surface area contributed by atoms with E-state index in [1.807, 2.05) is 12.1 Å². The Hall–Kier alpha value is -0.750. The van der Waals surface area contributed by atoms with Crippen molar-refractivity contribution in [3.05, 3.63) is 29.8 Å². The first-order valence-corrected chi connectivity index (χ1v) is 9.46. The third-order valence-electron chi connectivity index (χ3n) is 4.39. The van der Waals surface area contributed by atoms with Crippen LogP contribution in [0.1, 0.15) is 19.4 Å². The van der Waals surface area contributed by atoms with Crippen LogP contribution in [-0.4, -0.2) is 65.7 Å². The predicted octanol–water partition coefficient (Wildman–Crippen LogP) is 1.96. The Labute approximate surface area is 136 Å². The van der Waals surface area contributed by atoms with Crippen LogP contribution in [0.3, 0.4) is 0 Å². The molecule has 0 aromatic heterocycles. The maximum atomic E-state index is 11.4. The maximum Gasteiger partial charge on any atom is 0.0589 e. The van der Waals surface area contributed by atoms with Crippen LogP contribution in [0.25, 0.3) is 0 Å². The van der Waals surface area contributed by atoms with E-state index in [9.17, 15) is 4.21 Å². The van der Waals surface area contributed by atoms with Gasteiger partial charge in [-0.05, 0) is 31.5 Å². The molecule has 0 aliphatic carbocycles. The Morgan fingerprint density at radius 2 is 1.77 bits per heavy atom. The molecule has 124 valence electrons. The Balaban J connectivity index is 1.93. The number of hydrogen-bond acceptors (Lipinski definition) is 4. The molecule has 0 saturated carbocycles. The average Bonchev–Trinajstić information content (AvgIpc) is 2.47. The Morgan fingerprint density at radius 1 is 1.18 bits per heavy atom. The van der Waals surface area contributed by atoms with Crippen LogP contribution in [0, 0.1) is 0 Å². The van der Waals surface area contributed by atoms with Crippen molar-refractivity contribution >= 4 is 10.8 Å². The number of piperazine rings is 1. The van der Waals surface area contributed by atoms with Crippen LogP contribution < -0.4 is 0 Å². The first-order chi connectivity index (χ1) is 10.5. The molecular weight excluding hydrogens is 296 g/mol. The van der Waals surface area contributed by atoms with Gasteiger partial charge in [0.05, 0.1) is 6.61 Å². The summed E-state index contributed by atoms with van der Waals surface area (Å²) in [5.74, 6) is 0. The lowest BCUT2D eigenvalue weighted by Crippen LogP contribution is -2.56. The quantitative estimate of drug-likeness (QED) is 0.801. The number of nitrogens with zero attached hydrogens (tertiary/aromatic N) is 2. The molecule has 1 aromatic carbocycles. The zero-order valence-corrected chi connectivity index (χ0v) is 14.9. The van der Waals surface area contributed by atoms with Crippen molar-refractivity contribution in [1.82, 2.24) is 9.80 Å². The van der Waals surface area contributed by atoms with E-state index in [1.54, 1.807) is 13.4 Å². The van der Waals surface area contributed by atoms with E-state index in [-0.39, 0.29) is 0 Å². The van der Waals surface area contributed by atoms with Gasteiger partial charge in [-0.2, -0.15) is 0 Å². The molecule has 0 amide bonds. The summed E-state index contributed by atoms with van der Waals surface area (Å²) in [5, 5.41) is 0. The summed E-state index contributed by atoms with van der Waals surface area (Å²) in [6.45, 7) is 9.51. The highest BCUT2D eigenvalue weighted by Crippen LogP contribution is 2.18. The van der Waals surface area contributed by atoms with Crippen molar-refractivity contribution in [2.45, 2.75) is 37.4 Å². The molecule has 0 bridgehead atoms. The van der Waals surface area contributed by atoms with Gasteiger partial charge in [0.1, 0.15) is 0 Å². The highest BCUT2D eigenvalue weighted by atomic mass is 32.2. The zero-order valence-electron chi connectivity index (χ0n) is 14.1. The largest absolute Gasteiger partial charge is 0.383 e. The molecule has 1 saturated heterocycles. The van der Waals surface area contributed by atoms with E-state index in [1.165, 1.54) is 5.56 Å². The molecule has 1 heterocycles. The summed E-state index contributed by atoms with van der Waals surface area (Å²) in [6, 6.07) is 9.25. The summed E-state index contributed by atoms with van der Waals surface area (Å²) in [6.07, 6.45) is 1.72. The molecule has 2 rings (SSSR count). The number of hydrogen-bond donors (Lipinski definition) is 0. The molecule has 22 heavy (non-hydrogen) atoms. The van der Waals surface area contributed by atoms with Crippen LogP contribution in [0.15, 0.2) is 29.2 Å². The summed E-state index contributed by atoms with van der Waals surface area (Å²) in [7, 11) is 0.867. The smallest absolute Gasteiger partial charge is 0.0589 e. The van der Waals surface area contributed by atoms with Gasteiger partial charge >= 0.3 is 0 Å². The monoisotopic (exact) mass is 324 g/mol. The summed E-state index contributed by atoms with van der Waals surface area (Å²) < 4.78 is 16.7. The van der Waals surface area contributed by atoms with Crippen LogP contribution in [0.4, 0.5) is 0 Å². The Kier molecular flexibility index (Phi) is 6.56. The molecule has 1 aliphatic heterocycles. The summed E-state index contributed by atoms with van der Waals surface area (Å²) in [4.78, 5) is 5.94. The van der Waals surface area contributed by atoms with Crippen molar-refractivity contribution in [1.29, 1.82) is 0 Å². The SMILES string of the molecule is COCCN1C(C)CN(Cc2ccc(S(C)=O)cc2)CC1C. The van der Waals surface area contributed by atoms with E-state index >= 15 is 0 Å². The second kappa shape index (κ2) is 8.20. The number of methoxy groups -OCH3 is 1. The van der Waals surface area contributed by atoms with E-state index in [0.29, 0.717) is 12.1 Å². The van der Waals surface area contributed by atoms with E-state index in [0.717, 1.165) is 37.7 Å². The van der Waals surface area contributed by atoms with E-state index in [4.69, 9.17) is 4.74 Å². The van der Waals surface area contributed by atoms with Gasteiger partial charge in [-0.3, -0.25) is 14.0 Å². The van der Waals surface area contributed by atoms with Gasteiger partial charge in [0, 0.05) is 67.3 Å². The minimum Gasteiger partial charge on any atom is -0.383 e. The van der Waals surface area contributed by atoms with Gasteiger partial charge in [0.15, 0.2) is 0 Å². The lowest BCUT2D eigenvalue weighted by molar-refractivity contribution is 0.0179. The highest BCUT2D eigenvalue weighted by molar-refractivity contribution is 7.84. The lowest BCUT2D eigenvalue weighted by atomic mass is 10.1. The van der Waals surface area contributed by atoms with Gasteiger partial charge in [-0.1, -0.05) is 12.1 Å². The summed E-state index contributed by atoms with van der Waals surface area (Å²) in [5.41, 5.74) is 1.29. The average molecular weight is 324 g/mol. The second-order valence-electron chi connectivity index (χ2n) is 6.22. The third kappa shape index (κ3) is 4.62. The Morgan fingerprint density at radius 3 is 2.27 bits per heavy atom. The minimum atomic E-state index is -0.896. The molecule has 5 heteroatoms. The molecule has 0 spiro atoms. The normalized spacial score (nSPS) is 25.3. The van der Waals surface area contributed by atoms with Crippen molar-refractivity contribution in [2.75, 3.05) is 39.6 Å². The lowest BCUT2D eigenvalue weighted by Gasteiger charge is -2.44. The molecule has 3 unspecified atom stereocenters. The first-order valence-electron chi connectivity index (χ1n) is 7.90. The zero-order chi connectivity index (χ0) is 16.1. The molecule has 0 N–H and O–H groups in total. The standard InChI is InChI=1S/C17H28N2O2S/c1-14-11-18(12-15(2)19(14)9-10-21-3)13-16-5-7-17(8-6-16)22(4)20/h5-8,14-15H,9-13H2,1-4H3. The van der Waals surface area contributed by atoms with Gasteiger partial charge in [0.2, 0.25) is 0 Å². The van der Waals surface area contributed by atoms with Crippen molar-refractivity contribution < 1.29 is 8.95 Å². The number of ether oxygens (including phenoxy) is 1. The van der Waals surface area contributed by atoms with E-state index < -0.39 is 10.8 Å². The van der Waals surface area contributed by atoms with Crippen LogP contribution in [0.2, 0.25) is 0 Å². The first kappa shape index (κ1) is 17.6. The third-order valence-corrected chi connectivity index (χ3v) is 5.33. The highest BCUT2D eigenvalue weighted by Gasteiger charge is 2.28. The van der Waals surface area contributed by atoms with Crippen molar-refractivity contribution in [2.24, 2.45) is 0 Å². The van der Waals surface area contributed by atoms with Crippen molar-refractivity contribution in [3.63, 3.8) is 0 Å². The van der Waals surface area contributed by atoms with Gasteiger partial charge < -0.3 is 4.74 Å².